The zero-order valence-electron chi connectivity index (χ0n) is 6.63. The van der Waals surface area contributed by atoms with E-state index in [4.69, 9.17) is 5.11 Å². The summed E-state index contributed by atoms with van der Waals surface area (Å²) in [6, 6.07) is 0. The third-order valence-corrected chi connectivity index (χ3v) is 1.40. The van der Waals surface area contributed by atoms with E-state index >= 15 is 0 Å². The lowest BCUT2D eigenvalue weighted by Crippen LogP contribution is -2.02. The normalized spacial score (nSPS) is 10.1. The van der Waals surface area contributed by atoms with E-state index in [0.29, 0.717) is 6.61 Å². The summed E-state index contributed by atoms with van der Waals surface area (Å²) >= 11 is 2.98. The third kappa shape index (κ3) is 4.94. The molecule has 0 aliphatic heterocycles. The highest BCUT2D eigenvalue weighted by Crippen LogP contribution is 2.05. The first-order valence-electron chi connectivity index (χ1n) is 3.34. The van der Waals surface area contributed by atoms with Crippen LogP contribution in [0, 0.1) is 11.8 Å². The van der Waals surface area contributed by atoms with E-state index in [1.165, 1.54) is 6.08 Å². The molecule has 1 N–H and O–H groups in total. The van der Waals surface area contributed by atoms with Gasteiger partial charge >= 0.3 is 5.97 Å². The molecule has 0 atom stereocenters. The first-order chi connectivity index (χ1) is 5.72. The highest BCUT2D eigenvalue weighted by molar-refractivity contribution is 9.12. The Bertz CT molecular complexity index is 234. The van der Waals surface area contributed by atoms with E-state index in [2.05, 4.69) is 32.5 Å². The van der Waals surface area contributed by atoms with Crippen LogP contribution in [-0.4, -0.2) is 24.3 Å². The van der Waals surface area contributed by atoms with E-state index in [-0.39, 0.29) is 11.1 Å². The molecule has 0 saturated heterocycles. The summed E-state index contributed by atoms with van der Waals surface area (Å²) < 4.78 is 4.90. The number of ether oxygens (including phenoxy) is 1. The Balaban J connectivity index is 4.08. The highest BCUT2D eigenvalue weighted by Gasteiger charge is 2.03. The Morgan fingerprint density at radius 2 is 2.42 bits per heavy atom. The number of allylic oxidation sites excluding steroid dienone is 1. The molecule has 0 fully saturated rings. The summed E-state index contributed by atoms with van der Waals surface area (Å²) in [5, 5.41) is 8.29. The molecule has 0 saturated carbocycles. The van der Waals surface area contributed by atoms with E-state index in [0.717, 1.165) is 0 Å². The lowest BCUT2D eigenvalue weighted by Gasteiger charge is -1.96. The van der Waals surface area contributed by atoms with Crippen LogP contribution in [-0.2, 0) is 9.53 Å². The lowest BCUT2D eigenvalue weighted by molar-refractivity contribution is -0.137. The quantitative estimate of drug-likeness (QED) is 0.436. The van der Waals surface area contributed by atoms with Crippen molar-refractivity contribution in [2.45, 2.75) is 6.92 Å². The molecular weight excluding hydrogens is 224 g/mol. The van der Waals surface area contributed by atoms with Crippen molar-refractivity contribution in [1.82, 2.24) is 0 Å². The van der Waals surface area contributed by atoms with Crippen molar-refractivity contribution < 1.29 is 14.6 Å². The Morgan fingerprint density at radius 3 is 2.92 bits per heavy atom. The van der Waals surface area contributed by atoms with Crippen molar-refractivity contribution in [2.24, 2.45) is 0 Å². The van der Waals surface area contributed by atoms with Gasteiger partial charge in [0, 0.05) is 6.08 Å². The van der Waals surface area contributed by atoms with E-state index in [9.17, 15) is 4.79 Å². The van der Waals surface area contributed by atoms with Gasteiger partial charge in [-0.3, -0.25) is 0 Å². The van der Waals surface area contributed by atoms with Gasteiger partial charge in [-0.25, -0.2) is 4.79 Å². The van der Waals surface area contributed by atoms with Gasteiger partial charge in [0.25, 0.3) is 0 Å². The number of rotatable bonds is 2. The summed E-state index contributed by atoms with van der Waals surface area (Å²) in [6.45, 7) is 1.83. The van der Waals surface area contributed by atoms with Crippen molar-refractivity contribution in [1.29, 1.82) is 0 Å². The van der Waals surface area contributed by atoms with Crippen LogP contribution in [0.3, 0.4) is 0 Å². The number of esters is 1. The SMILES string of the molecule is CCOC(=O)C(Br)=CC#CCO. The van der Waals surface area contributed by atoms with Gasteiger partial charge in [0.1, 0.15) is 11.1 Å². The van der Waals surface area contributed by atoms with Crippen molar-refractivity contribution in [3.8, 4) is 11.8 Å². The topological polar surface area (TPSA) is 46.5 Å². The lowest BCUT2D eigenvalue weighted by atomic mass is 10.5. The van der Waals surface area contributed by atoms with Crippen LogP contribution in [0.5, 0.6) is 0 Å². The number of carbonyl (C=O) groups excluding carboxylic acids is 1. The van der Waals surface area contributed by atoms with Gasteiger partial charge in [0.15, 0.2) is 0 Å². The molecule has 3 nitrogen and oxygen atoms in total. The maximum absolute atomic E-state index is 10.9. The Kier molecular flexibility index (Phi) is 6.44. The molecule has 66 valence electrons. The van der Waals surface area contributed by atoms with Crippen molar-refractivity contribution in [3.05, 3.63) is 10.6 Å². The first-order valence-corrected chi connectivity index (χ1v) is 4.13. The maximum Gasteiger partial charge on any atom is 0.345 e. The molecule has 0 aliphatic rings. The summed E-state index contributed by atoms with van der Waals surface area (Å²) in [6.07, 6.45) is 1.34. The molecular formula is C8H9BrO3. The van der Waals surface area contributed by atoms with Gasteiger partial charge in [0.2, 0.25) is 0 Å². The molecule has 0 aromatic heterocycles. The number of aliphatic hydroxyl groups excluding tert-OH is 1. The molecule has 0 rings (SSSR count). The fourth-order valence-electron chi connectivity index (χ4n) is 0.419. The van der Waals surface area contributed by atoms with Crippen LogP contribution >= 0.6 is 15.9 Å². The van der Waals surface area contributed by atoms with Crippen LogP contribution in [0.4, 0.5) is 0 Å². The van der Waals surface area contributed by atoms with Crippen molar-refractivity contribution >= 4 is 21.9 Å². The van der Waals surface area contributed by atoms with Gasteiger partial charge in [-0.2, -0.15) is 0 Å². The minimum absolute atomic E-state index is 0.223. The Morgan fingerprint density at radius 1 is 1.75 bits per heavy atom. The van der Waals surface area contributed by atoms with Gasteiger partial charge in [-0.05, 0) is 22.9 Å². The smallest absolute Gasteiger partial charge is 0.345 e. The Hall–Kier alpha value is -0.790. The van der Waals surface area contributed by atoms with Crippen LogP contribution in [0.15, 0.2) is 10.6 Å². The summed E-state index contributed by atoms with van der Waals surface area (Å²) in [4.78, 5) is 10.9. The predicted molar refractivity (Wildman–Crippen MR) is 48.5 cm³/mol. The minimum Gasteiger partial charge on any atom is -0.462 e. The average molecular weight is 233 g/mol. The van der Waals surface area contributed by atoms with Crippen LogP contribution < -0.4 is 0 Å². The fraction of sp³-hybridized carbons (Fsp3) is 0.375. The number of halogens is 1. The predicted octanol–water partition coefficient (Wildman–Crippen LogP) is 0.824. The molecule has 0 radical (unpaired) electrons. The maximum atomic E-state index is 10.9. The number of hydrogen-bond acceptors (Lipinski definition) is 3. The second kappa shape index (κ2) is 6.89. The summed E-state index contributed by atoms with van der Waals surface area (Å²) in [5.41, 5.74) is 0. The minimum atomic E-state index is -0.454. The summed E-state index contributed by atoms with van der Waals surface area (Å²) in [5.74, 6) is 4.38. The third-order valence-electron chi connectivity index (χ3n) is 0.850. The zero-order valence-corrected chi connectivity index (χ0v) is 8.22. The molecule has 0 heterocycles. The molecule has 0 amide bonds. The second-order valence-electron chi connectivity index (χ2n) is 1.69. The largest absolute Gasteiger partial charge is 0.462 e. The van der Waals surface area contributed by atoms with Gasteiger partial charge in [-0.1, -0.05) is 11.8 Å². The average Bonchev–Trinajstić information content (AvgIpc) is 2.05. The molecule has 4 heteroatoms. The molecule has 0 unspecified atom stereocenters. The highest BCUT2D eigenvalue weighted by atomic mass is 79.9. The van der Waals surface area contributed by atoms with Gasteiger partial charge in [0.05, 0.1) is 6.61 Å². The van der Waals surface area contributed by atoms with Gasteiger partial charge < -0.3 is 9.84 Å². The van der Waals surface area contributed by atoms with Gasteiger partial charge in [-0.15, -0.1) is 0 Å². The number of carbonyl (C=O) groups is 1. The number of hydrogen-bond donors (Lipinski definition) is 1. The summed E-state index contributed by atoms with van der Waals surface area (Å²) in [7, 11) is 0. The molecule has 12 heavy (non-hydrogen) atoms. The van der Waals surface area contributed by atoms with E-state index < -0.39 is 5.97 Å². The van der Waals surface area contributed by atoms with Crippen LogP contribution in [0.25, 0.3) is 0 Å². The standard InChI is InChI=1S/C8H9BrO3/c1-2-12-8(11)7(9)5-3-4-6-10/h5,10H,2,6H2,1H3. The molecule has 0 spiro atoms. The molecule has 0 aromatic rings. The zero-order chi connectivity index (χ0) is 9.40. The van der Waals surface area contributed by atoms with Crippen molar-refractivity contribution in [2.75, 3.05) is 13.2 Å². The second-order valence-corrected chi connectivity index (χ2v) is 2.55. The monoisotopic (exact) mass is 232 g/mol. The van der Waals surface area contributed by atoms with Crippen molar-refractivity contribution in [3.63, 3.8) is 0 Å². The number of aliphatic hydroxyl groups is 1. The van der Waals surface area contributed by atoms with Crippen LogP contribution in [0.2, 0.25) is 0 Å². The Labute approximate surface area is 79.5 Å². The molecule has 0 aliphatic carbocycles. The fourth-order valence-corrected chi connectivity index (χ4v) is 0.648. The van der Waals surface area contributed by atoms with E-state index in [1.807, 2.05) is 0 Å². The first kappa shape index (κ1) is 11.2. The van der Waals surface area contributed by atoms with Crippen LogP contribution in [0.1, 0.15) is 6.92 Å². The molecule has 0 aromatic carbocycles. The molecule has 0 bridgehead atoms. The van der Waals surface area contributed by atoms with E-state index in [1.54, 1.807) is 6.92 Å².